The second-order valence-corrected chi connectivity index (χ2v) is 5.81. The number of nitrogens with zero attached hydrogens (tertiary/aromatic N) is 3. The summed E-state index contributed by atoms with van der Waals surface area (Å²) in [5.74, 6) is 0.865. The van der Waals surface area contributed by atoms with Gasteiger partial charge in [-0.1, -0.05) is 31.5 Å². The lowest BCUT2D eigenvalue weighted by atomic mass is 10.2. The molecule has 2 heterocycles. The number of thiazole rings is 1. The molecule has 0 spiro atoms. The number of fused-ring (bicyclic) bond motifs is 1. The lowest BCUT2D eigenvalue weighted by Gasteiger charge is -2.23. The standard InChI is InChI=1S/C16H19N3OS/c1-2-3-9-18(13-7-5-4-6-8-13)15-14(12-20)19-10-11-21-16(19)17-15/h4-8,10-11,20H,2-3,9,12H2,1H3. The van der Waals surface area contributed by atoms with Crippen LogP contribution < -0.4 is 4.90 Å². The van der Waals surface area contributed by atoms with Gasteiger partial charge in [-0.25, -0.2) is 4.98 Å². The first kappa shape index (κ1) is 14.1. The Hall–Kier alpha value is -1.85. The van der Waals surface area contributed by atoms with Crippen molar-refractivity contribution in [3.63, 3.8) is 0 Å². The molecule has 4 nitrogen and oxygen atoms in total. The fourth-order valence-electron chi connectivity index (χ4n) is 2.47. The molecule has 0 amide bonds. The first-order valence-corrected chi connectivity index (χ1v) is 8.11. The number of anilines is 2. The van der Waals surface area contributed by atoms with Crippen LogP contribution >= 0.6 is 11.3 Å². The Morgan fingerprint density at radius 3 is 2.81 bits per heavy atom. The van der Waals surface area contributed by atoms with Crippen molar-refractivity contribution >= 4 is 27.8 Å². The van der Waals surface area contributed by atoms with Crippen molar-refractivity contribution in [1.82, 2.24) is 9.38 Å². The fourth-order valence-corrected chi connectivity index (χ4v) is 3.19. The summed E-state index contributed by atoms with van der Waals surface area (Å²) >= 11 is 1.59. The third kappa shape index (κ3) is 2.66. The van der Waals surface area contributed by atoms with Gasteiger partial charge in [0.1, 0.15) is 0 Å². The molecule has 0 radical (unpaired) electrons. The van der Waals surface area contributed by atoms with E-state index in [0.29, 0.717) is 0 Å². The molecule has 3 aromatic rings. The van der Waals surface area contributed by atoms with Gasteiger partial charge in [0.2, 0.25) is 0 Å². The van der Waals surface area contributed by atoms with E-state index in [1.807, 2.05) is 34.2 Å². The van der Waals surface area contributed by atoms with Gasteiger partial charge in [-0.15, -0.1) is 11.3 Å². The Bertz CT molecular complexity index is 705. The normalized spacial score (nSPS) is 11.1. The van der Waals surface area contributed by atoms with E-state index in [0.717, 1.165) is 41.5 Å². The number of imidazole rings is 1. The molecule has 0 atom stereocenters. The van der Waals surface area contributed by atoms with E-state index in [1.54, 1.807) is 11.3 Å². The van der Waals surface area contributed by atoms with Crippen LogP contribution in [0.3, 0.4) is 0 Å². The number of para-hydroxylation sites is 1. The average molecular weight is 301 g/mol. The predicted molar refractivity (Wildman–Crippen MR) is 87.3 cm³/mol. The molecule has 2 aromatic heterocycles. The first-order valence-electron chi connectivity index (χ1n) is 7.23. The zero-order valence-corrected chi connectivity index (χ0v) is 12.9. The number of rotatable bonds is 6. The van der Waals surface area contributed by atoms with Gasteiger partial charge in [0, 0.05) is 23.8 Å². The van der Waals surface area contributed by atoms with E-state index in [-0.39, 0.29) is 6.61 Å². The van der Waals surface area contributed by atoms with Crippen molar-refractivity contribution in [2.24, 2.45) is 0 Å². The molecule has 0 bridgehead atoms. The van der Waals surface area contributed by atoms with Gasteiger partial charge in [-0.05, 0) is 18.6 Å². The van der Waals surface area contributed by atoms with Crippen LogP contribution in [0.2, 0.25) is 0 Å². The zero-order chi connectivity index (χ0) is 14.7. The minimum absolute atomic E-state index is 0.0112. The molecule has 0 fully saturated rings. The van der Waals surface area contributed by atoms with Gasteiger partial charge in [0.05, 0.1) is 12.3 Å². The summed E-state index contributed by atoms with van der Waals surface area (Å²) in [5.41, 5.74) is 1.97. The monoisotopic (exact) mass is 301 g/mol. The minimum atomic E-state index is -0.0112. The van der Waals surface area contributed by atoms with E-state index >= 15 is 0 Å². The highest BCUT2D eigenvalue weighted by Gasteiger charge is 2.19. The lowest BCUT2D eigenvalue weighted by Crippen LogP contribution is -2.20. The maximum absolute atomic E-state index is 9.76. The number of benzene rings is 1. The van der Waals surface area contributed by atoms with Gasteiger partial charge in [0.15, 0.2) is 10.8 Å². The van der Waals surface area contributed by atoms with Crippen LogP contribution in [0.4, 0.5) is 11.5 Å². The number of unbranched alkanes of at least 4 members (excludes halogenated alkanes) is 1. The fraction of sp³-hybridized carbons (Fsp3) is 0.312. The third-order valence-electron chi connectivity index (χ3n) is 3.55. The summed E-state index contributed by atoms with van der Waals surface area (Å²) in [4.78, 5) is 7.85. The first-order chi connectivity index (χ1) is 10.3. The topological polar surface area (TPSA) is 40.8 Å². The van der Waals surface area contributed by atoms with E-state index in [1.165, 1.54) is 0 Å². The van der Waals surface area contributed by atoms with Crippen molar-refractivity contribution in [3.8, 4) is 0 Å². The summed E-state index contributed by atoms with van der Waals surface area (Å²) in [6.07, 6.45) is 4.18. The number of aromatic nitrogens is 2. The number of aliphatic hydroxyl groups is 1. The van der Waals surface area contributed by atoms with Crippen LogP contribution in [-0.2, 0) is 6.61 Å². The molecule has 0 saturated carbocycles. The Labute approximate surface area is 128 Å². The number of aliphatic hydroxyl groups excluding tert-OH is 1. The average Bonchev–Trinajstić information content (AvgIpc) is 3.09. The second kappa shape index (κ2) is 6.28. The van der Waals surface area contributed by atoms with Gasteiger partial charge >= 0.3 is 0 Å². The summed E-state index contributed by atoms with van der Waals surface area (Å²) in [7, 11) is 0. The maximum atomic E-state index is 9.76. The highest BCUT2D eigenvalue weighted by Crippen LogP contribution is 2.30. The van der Waals surface area contributed by atoms with Crippen molar-refractivity contribution in [2.75, 3.05) is 11.4 Å². The summed E-state index contributed by atoms with van der Waals surface area (Å²) in [6.45, 7) is 3.07. The van der Waals surface area contributed by atoms with Gasteiger partial charge in [-0.2, -0.15) is 0 Å². The number of hydrogen-bond donors (Lipinski definition) is 1. The van der Waals surface area contributed by atoms with Crippen molar-refractivity contribution in [3.05, 3.63) is 47.6 Å². The van der Waals surface area contributed by atoms with Crippen LogP contribution in [0.15, 0.2) is 41.9 Å². The summed E-state index contributed by atoms with van der Waals surface area (Å²) < 4.78 is 1.97. The SMILES string of the molecule is CCCCN(c1ccccc1)c1nc2sccn2c1CO. The Morgan fingerprint density at radius 1 is 1.29 bits per heavy atom. The molecule has 110 valence electrons. The van der Waals surface area contributed by atoms with Gasteiger partial charge in [-0.3, -0.25) is 4.40 Å². The Kier molecular flexibility index (Phi) is 4.22. The smallest absolute Gasteiger partial charge is 0.195 e. The second-order valence-electron chi connectivity index (χ2n) is 4.94. The molecule has 0 saturated heterocycles. The number of hydrogen-bond acceptors (Lipinski definition) is 4. The zero-order valence-electron chi connectivity index (χ0n) is 12.1. The Balaban J connectivity index is 2.07. The van der Waals surface area contributed by atoms with E-state index in [4.69, 9.17) is 4.98 Å². The predicted octanol–water partition coefficient (Wildman–Crippen LogP) is 3.83. The summed E-state index contributed by atoms with van der Waals surface area (Å²) in [6, 6.07) is 10.3. The minimum Gasteiger partial charge on any atom is -0.390 e. The largest absolute Gasteiger partial charge is 0.390 e. The molecule has 3 rings (SSSR count). The molecule has 5 heteroatoms. The molecule has 0 aliphatic rings. The van der Waals surface area contributed by atoms with Crippen molar-refractivity contribution < 1.29 is 5.11 Å². The molecule has 0 aliphatic carbocycles. The van der Waals surface area contributed by atoms with Gasteiger partial charge in [0.25, 0.3) is 0 Å². The highest BCUT2D eigenvalue weighted by atomic mass is 32.1. The molecule has 0 unspecified atom stereocenters. The molecular formula is C16H19N3OS. The lowest BCUT2D eigenvalue weighted by molar-refractivity contribution is 0.276. The van der Waals surface area contributed by atoms with Crippen LogP contribution in [0, 0.1) is 0 Å². The third-order valence-corrected chi connectivity index (χ3v) is 4.31. The molecule has 21 heavy (non-hydrogen) atoms. The van der Waals surface area contributed by atoms with E-state index in [9.17, 15) is 5.11 Å². The quantitative estimate of drug-likeness (QED) is 0.752. The molecular weight excluding hydrogens is 282 g/mol. The highest BCUT2D eigenvalue weighted by molar-refractivity contribution is 7.15. The summed E-state index contributed by atoms with van der Waals surface area (Å²) in [5, 5.41) is 11.8. The van der Waals surface area contributed by atoms with Crippen LogP contribution in [0.5, 0.6) is 0 Å². The van der Waals surface area contributed by atoms with Gasteiger partial charge < -0.3 is 10.0 Å². The van der Waals surface area contributed by atoms with Crippen LogP contribution in [0.25, 0.3) is 4.96 Å². The van der Waals surface area contributed by atoms with Crippen molar-refractivity contribution in [1.29, 1.82) is 0 Å². The molecule has 0 aliphatic heterocycles. The van der Waals surface area contributed by atoms with E-state index < -0.39 is 0 Å². The van der Waals surface area contributed by atoms with E-state index in [2.05, 4.69) is 24.0 Å². The van der Waals surface area contributed by atoms with Crippen LogP contribution in [0.1, 0.15) is 25.5 Å². The maximum Gasteiger partial charge on any atom is 0.195 e. The Morgan fingerprint density at radius 2 is 2.10 bits per heavy atom. The van der Waals surface area contributed by atoms with Crippen LogP contribution in [-0.4, -0.2) is 21.0 Å². The molecule has 1 aromatic carbocycles. The van der Waals surface area contributed by atoms with Crippen molar-refractivity contribution in [2.45, 2.75) is 26.4 Å². The molecule has 1 N–H and O–H groups in total.